The molecule has 0 atom stereocenters. The van der Waals surface area contributed by atoms with Gasteiger partial charge in [0.2, 0.25) is 0 Å². The van der Waals surface area contributed by atoms with E-state index >= 15 is 0 Å². The Morgan fingerprint density at radius 1 is 1.25 bits per heavy atom. The van der Waals surface area contributed by atoms with Gasteiger partial charge in [0, 0.05) is 0 Å². The molecule has 5 nitrogen and oxygen atoms in total. The lowest BCUT2D eigenvalue weighted by molar-refractivity contribution is -0.276. The summed E-state index contributed by atoms with van der Waals surface area (Å²) in [7, 11) is 0. The minimum absolute atomic E-state index is 0.245. The summed E-state index contributed by atoms with van der Waals surface area (Å²) in [5, 5.41) is 17.5. The summed E-state index contributed by atoms with van der Waals surface area (Å²) in [6, 6.07) is 0. The summed E-state index contributed by atoms with van der Waals surface area (Å²) in [5.74, 6) is -5.19. The molecule has 0 aliphatic rings. The number of aromatic nitrogens is 1. The number of carboxylic acids is 1. The fourth-order valence-corrected chi connectivity index (χ4v) is 1.31. The van der Waals surface area contributed by atoms with Crippen LogP contribution in [-0.4, -0.2) is 27.5 Å². The number of nitrogens with zero attached hydrogens (tertiary/aromatic N) is 1. The number of hydrogen-bond donors (Lipinski definition) is 2. The second kappa shape index (κ2) is 5.06. The third kappa shape index (κ3) is 3.90. The van der Waals surface area contributed by atoms with Crippen LogP contribution in [-0.2, 0) is 17.4 Å². The van der Waals surface area contributed by atoms with Crippen LogP contribution in [0.4, 0.5) is 26.3 Å². The van der Waals surface area contributed by atoms with Crippen LogP contribution in [0.5, 0.6) is 11.5 Å². The highest BCUT2D eigenvalue weighted by molar-refractivity contribution is 5.71. The van der Waals surface area contributed by atoms with Crippen molar-refractivity contribution in [1.29, 1.82) is 0 Å². The van der Waals surface area contributed by atoms with Crippen molar-refractivity contribution < 1.29 is 46.1 Å². The van der Waals surface area contributed by atoms with Crippen LogP contribution in [0.15, 0.2) is 6.20 Å². The van der Waals surface area contributed by atoms with Crippen molar-refractivity contribution in [2.45, 2.75) is 19.0 Å². The van der Waals surface area contributed by atoms with Crippen LogP contribution >= 0.6 is 0 Å². The molecule has 0 radical (unpaired) electrons. The number of aromatic hydroxyl groups is 1. The number of alkyl halides is 6. The Bertz CT molecular complexity index is 524. The van der Waals surface area contributed by atoms with Gasteiger partial charge in [0.1, 0.15) is 5.56 Å². The third-order valence-corrected chi connectivity index (χ3v) is 1.91. The predicted octanol–water partition coefficient (Wildman–Crippen LogP) is 2.33. The molecule has 0 spiro atoms. The molecule has 20 heavy (non-hydrogen) atoms. The molecule has 0 bridgehead atoms. The molecule has 1 rings (SSSR count). The zero-order valence-corrected chi connectivity index (χ0v) is 9.21. The topological polar surface area (TPSA) is 79.7 Å². The van der Waals surface area contributed by atoms with Gasteiger partial charge in [0.05, 0.1) is 18.3 Å². The molecule has 1 aromatic rings. The van der Waals surface area contributed by atoms with Crippen LogP contribution in [0.3, 0.4) is 0 Å². The van der Waals surface area contributed by atoms with Gasteiger partial charge in [-0.25, -0.2) is 0 Å². The van der Waals surface area contributed by atoms with Crippen molar-refractivity contribution in [3.05, 3.63) is 17.5 Å². The first-order valence-corrected chi connectivity index (χ1v) is 4.67. The largest absolute Gasteiger partial charge is 0.573 e. The molecule has 1 aromatic heterocycles. The monoisotopic (exact) mass is 305 g/mol. The van der Waals surface area contributed by atoms with Crippen LogP contribution in [0, 0.1) is 0 Å². The quantitative estimate of drug-likeness (QED) is 0.838. The zero-order valence-electron chi connectivity index (χ0n) is 9.21. The number of pyridine rings is 1. The molecule has 0 saturated heterocycles. The number of halogens is 6. The van der Waals surface area contributed by atoms with Crippen LogP contribution < -0.4 is 4.74 Å². The van der Waals surface area contributed by atoms with Gasteiger partial charge in [0.25, 0.3) is 0 Å². The molecule has 0 fully saturated rings. The summed E-state index contributed by atoms with van der Waals surface area (Å²) in [5.41, 5.74) is -3.29. The Balaban J connectivity index is 3.50. The molecule has 2 N–H and O–H groups in total. The van der Waals surface area contributed by atoms with Gasteiger partial charge in [-0.2, -0.15) is 13.2 Å². The van der Waals surface area contributed by atoms with E-state index in [0.717, 1.165) is 0 Å². The average molecular weight is 305 g/mol. The molecule has 0 amide bonds. The summed E-state index contributed by atoms with van der Waals surface area (Å²) >= 11 is 0. The van der Waals surface area contributed by atoms with Crippen LogP contribution in [0.1, 0.15) is 11.3 Å². The van der Waals surface area contributed by atoms with Crippen molar-refractivity contribution >= 4 is 5.97 Å². The highest BCUT2D eigenvalue weighted by atomic mass is 19.4. The SMILES string of the molecule is O=C(O)Cc1ncc(O)c(OC(F)(F)F)c1C(F)(F)F. The lowest BCUT2D eigenvalue weighted by atomic mass is 10.1. The number of carbonyl (C=O) groups is 1. The summed E-state index contributed by atoms with van der Waals surface area (Å²) in [4.78, 5) is 13.4. The number of ether oxygens (including phenoxy) is 1. The normalized spacial score (nSPS) is 12.3. The molecule has 0 aliphatic carbocycles. The molecule has 0 saturated carbocycles. The Labute approximate surface area is 106 Å². The maximum absolute atomic E-state index is 12.7. The van der Waals surface area contributed by atoms with Gasteiger partial charge >= 0.3 is 18.5 Å². The highest BCUT2D eigenvalue weighted by Gasteiger charge is 2.43. The Morgan fingerprint density at radius 3 is 2.20 bits per heavy atom. The van der Waals surface area contributed by atoms with E-state index in [2.05, 4.69) is 9.72 Å². The second-order valence-corrected chi connectivity index (χ2v) is 3.41. The molecule has 11 heteroatoms. The van der Waals surface area contributed by atoms with E-state index in [9.17, 15) is 31.1 Å². The van der Waals surface area contributed by atoms with Gasteiger partial charge in [-0.15, -0.1) is 13.2 Å². The van der Waals surface area contributed by atoms with Crippen molar-refractivity contribution in [3.63, 3.8) is 0 Å². The fraction of sp³-hybridized carbons (Fsp3) is 0.333. The van der Waals surface area contributed by atoms with Crippen molar-refractivity contribution in [3.8, 4) is 11.5 Å². The second-order valence-electron chi connectivity index (χ2n) is 3.41. The van der Waals surface area contributed by atoms with Gasteiger partial charge in [-0.1, -0.05) is 0 Å². The maximum atomic E-state index is 12.7. The van der Waals surface area contributed by atoms with E-state index in [1.807, 2.05) is 0 Å². The lowest BCUT2D eigenvalue weighted by Crippen LogP contribution is -2.22. The van der Waals surface area contributed by atoms with Gasteiger partial charge in [0.15, 0.2) is 11.5 Å². The smallest absolute Gasteiger partial charge is 0.503 e. The molecule has 0 aromatic carbocycles. The first-order chi connectivity index (χ1) is 8.92. The number of carboxylic acid groups (broad SMARTS) is 1. The first kappa shape index (κ1) is 15.9. The molecule has 0 unspecified atom stereocenters. The van der Waals surface area contributed by atoms with E-state index in [-0.39, 0.29) is 6.20 Å². The van der Waals surface area contributed by atoms with Crippen LogP contribution in [0.2, 0.25) is 0 Å². The molecular formula is C9H5F6NO4. The molecule has 1 heterocycles. The standard InChI is InChI=1S/C9H5F6NO4/c10-8(11,12)6-3(1-5(18)19)16-2-4(17)7(6)20-9(13,14)15/h2,17H,1H2,(H,18,19). The minimum Gasteiger partial charge on any atom is -0.503 e. The molecule has 112 valence electrons. The highest BCUT2D eigenvalue weighted by Crippen LogP contribution is 2.44. The average Bonchev–Trinajstić information content (AvgIpc) is 2.18. The summed E-state index contributed by atoms with van der Waals surface area (Å²) in [6.07, 6.45) is -11.9. The summed E-state index contributed by atoms with van der Waals surface area (Å²) < 4.78 is 77.4. The Morgan fingerprint density at radius 2 is 1.80 bits per heavy atom. The van der Waals surface area contributed by atoms with Crippen molar-refractivity contribution in [1.82, 2.24) is 4.98 Å². The third-order valence-electron chi connectivity index (χ3n) is 1.91. The predicted molar refractivity (Wildman–Crippen MR) is 48.9 cm³/mol. The Kier molecular flexibility index (Phi) is 4.01. The van der Waals surface area contributed by atoms with Crippen molar-refractivity contribution in [2.24, 2.45) is 0 Å². The van der Waals surface area contributed by atoms with E-state index in [0.29, 0.717) is 0 Å². The molecule has 0 aliphatic heterocycles. The van der Waals surface area contributed by atoms with E-state index in [4.69, 9.17) is 10.2 Å². The minimum atomic E-state index is -5.50. The fourth-order valence-electron chi connectivity index (χ4n) is 1.31. The maximum Gasteiger partial charge on any atom is 0.573 e. The van der Waals surface area contributed by atoms with E-state index in [1.54, 1.807) is 0 Å². The number of aliphatic carboxylic acids is 1. The van der Waals surface area contributed by atoms with Gasteiger partial charge in [-0.3, -0.25) is 9.78 Å². The Hall–Kier alpha value is -2.20. The van der Waals surface area contributed by atoms with Crippen LogP contribution in [0.25, 0.3) is 0 Å². The molecular weight excluding hydrogens is 300 g/mol. The van der Waals surface area contributed by atoms with Gasteiger partial charge in [-0.05, 0) is 0 Å². The zero-order chi connectivity index (χ0) is 15.7. The first-order valence-electron chi connectivity index (χ1n) is 4.67. The lowest BCUT2D eigenvalue weighted by Gasteiger charge is -2.18. The van der Waals surface area contributed by atoms with Gasteiger partial charge < -0.3 is 14.9 Å². The number of hydrogen-bond acceptors (Lipinski definition) is 4. The van der Waals surface area contributed by atoms with E-state index < -0.39 is 47.7 Å². The number of rotatable bonds is 3. The van der Waals surface area contributed by atoms with Crippen molar-refractivity contribution in [2.75, 3.05) is 0 Å². The summed E-state index contributed by atoms with van der Waals surface area (Å²) in [6.45, 7) is 0. The van der Waals surface area contributed by atoms with E-state index in [1.165, 1.54) is 0 Å².